The summed E-state index contributed by atoms with van der Waals surface area (Å²) in [7, 11) is 0. The van der Waals surface area contributed by atoms with E-state index in [9.17, 15) is 4.79 Å². The number of aliphatic hydroxyl groups excluding tert-OH is 1. The van der Waals surface area contributed by atoms with Gasteiger partial charge < -0.3 is 29.4 Å². The van der Waals surface area contributed by atoms with Crippen LogP contribution in [0.1, 0.15) is 56.4 Å². The van der Waals surface area contributed by atoms with E-state index in [1.165, 1.54) is 19.3 Å². The summed E-state index contributed by atoms with van der Waals surface area (Å²) in [6.07, 6.45) is 8.29. The maximum absolute atomic E-state index is 13.1. The quantitative estimate of drug-likeness (QED) is 0.617. The summed E-state index contributed by atoms with van der Waals surface area (Å²) in [6, 6.07) is 6.15. The van der Waals surface area contributed by atoms with Gasteiger partial charge in [-0.2, -0.15) is 0 Å². The van der Waals surface area contributed by atoms with Gasteiger partial charge in [0, 0.05) is 25.0 Å². The number of allylic oxidation sites excluding steroid dienone is 1. The van der Waals surface area contributed by atoms with Gasteiger partial charge in [0.1, 0.15) is 0 Å². The minimum absolute atomic E-state index is 0.0214. The highest BCUT2D eigenvalue weighted by molar-refractivity contribution is 5.92. The first kappa shape index (κ1) is 20.6. The molecule has 0 radical (unpaired) electrons. The van der Waals surface area contributed by atoms with Crippen LogP contribution in [0, 0.1) is 11.8 Å². The molecule has 7 nitrogen and oxygen atoms in total. The van der Waals surface area contributed by atoms with Crippen LogP contribution in [0.2, 0.25) is 0 Å². The number of hydrogen-bond donors (Lipinski definition) is 2. The maximum Gasteiger partial charge on any atom is 0.286 e. The van der Waals surface area contributed by atoms with Crippen molar-refractivity contribution < 1.29 is 28.8 Å². The van der Waals surface area contributed by atoms with Gasteiger partial charge in [-0.25, -0.2) is 0 Å². The Morgan fingerprint density at radius 2 is 2.03 bits per heavy atom. The topological polar surface area (TPSA) is 86.3 Å². The molecule has 2 bridgehead atoms. The van der Waals surface area contributed by atoms with Gasteiger partial charge in [-0.1, -0.05) is 12.5 Å². The van der Waals surface area contributed by atoms with Crippen LogP contribution in [0.5, 0.6) is 11.5 Å². The monoisotopic (exact) mass is 429 g/mol. The predicted molar refractivity (Wildman–Crippen MR) is 113 cm³/mol. The van der Waals surface area contributed by atoms with Crippen LogP contribution >= 0.6 is 0 Å². The third kappa shape index (κ3) is 4.53. The van der Waals surface area contributed by atoms with Crippen molar-refractivity contribution in [1.29, 1.82) is 0 Å². The van der Waals surface area contributed by atoms with E-state index in [2.05, 4.69) is 5.32 Å². The van der Waals surface area contributed by atoms with Crippen LogP contribution in [0.15, 0.2) is 30.0 Å². The molecular weight excluding hydrogens is 398 g/mol. The van der Waals surface area contributed by atoms with Gasteiger partial charge in [-0.3, -0.25) is 4.79 Å². The van der Waals surface area contributed by atoms with Gasteiger partial charge in [0.05, 0.1) is 6.61 Å². The number of fused-ring (bicyclic) bond motifs is 3. The van der Waals surface area contributed by atoms with E-state index in [1.807, 2.05) is 24.3 Å². The summed E-state index contributed by atoms with van der Waals surface area (Å²) in [5.41, 5.74) is 1.04. The minimum Gasteiger partial charge on any atom is -0.459 e. The number of benzene rings is 1. The van der Waals surface area contributed by atoms with Crippen molar-refractivity contribution in [1.82, 2.24) is 5.32 Å². The summed E-state index contributed by atoms with van der Waals surface area (Å²) in [6.45, 7) is 0.863. The summed E-state index contributed by atoms with van der Waals surface area (Å²) < 4.78 is 22.8. The molecule has 2 aliphatic heterocycles. The molecule has 2 heterocycles. The Morgan fingerprint density at radius 1 is 1.13 bits per heavy atom. The first-order valence-electron chi connectivity index (χ1n) is 11.5. The number of aliphatic hydroxyl groups is 1. The fourth-order valence-corrected chi connectivity index (χ4v) is 5.38. The predicted octanol–water partition coefficient (Wildman–Crippen LogP) is 3.22. The van der Waals surface area contributed by atoms with Crippen LogP contribution < -0.4 is 14.8 Å². The molecule has 1 aromatic rings. The van der Waals surface area contributed by atoms with Gasteiger partial charge in [-0.15, -0.1) is 0 Å². The lowest BCUT2D eigenvalue weighted by Crippen LogP contribution is -2.41. The summed E-state index contributed by atoms with van der Waals surface area (Å²) >= 11 is 0. The number of rotatable bonds is 8. The highest BCUT2D eigenvalue weighted by atomic mass is 16.7. The van der Waals surface area contributed by atoms with Gasteiger partial charge >= 0.3 is 0 Å². The molecule has 2 N–H and O–H groups in total. The number of unbranched alkanes of at least 4 members (excludes halogenated alkanes) is 1. The number of amides is 1. The average Bonchev–Trinajstić information content (AvgIpc) is 3.53. The Labute approximate surface area is 182 Å². The summed E-state index contributed by atoms with van der Waals surface area (Å²) in [5.74, 6) is 3.01. The molecule has 2 saturated carbocycles. The molecule has 7 heteroatoms. The van der Waals surface area contributed by atoms with Crippen molar-refractivity contribution >= 4 is 5.91 Å². The largest absolute Gasteiger partial charge is 0.459 e. The van der Waals surface area contributed by atoms with Gasteiger partial charge in [0.25, 0.3) is 5.91 Å². The molecule has 168 valence electrons. The van der Waals surface area contributed by atoms with E-state index in [4.69, 9.17) is 24.1 Å². The molecule has 2 fully saturated rings. The first-order valence-corrected chi connectivity index (χ1v) is 11.5. The van der Waals surface area contributed by atoms with E-state index >= 15 is 0 Å². The molecule has 31 heavy (non-hydrogen) atoms. The lowest BCUT2D eigenvalue weighted by Gasteiger charge is -2.30. The molecule has 5 atom stereocenters. The van der Waals surface area contributed by atoms with Gasteiger partial charge in [-0.05, 0) is 67.7 Å². The SMILES string of the molecule is O=C(NC1CC2CCC1C2)C1=CC(c2ccc3c(c2)OCO3)CC(OCCCCO)O1. The van der Waals surface area contributed by atoms with E-state index in [1.54, 1.807) is 0 Å². The second-order valence-corrected chi connectivity index (χ2v) is 9.09. The van der Waals surface area contributed by atoms with Gasteiger partial charge in [0.15, 0.2) is 17.3 Å². The van der Waals surface area contributed by atoms with Crippen LogP contribution in [-0.4, -0.2) is 43.4 Å². The zero-order chi connectivity index (χ0) is 21.2. The molecule has 4 aliphatic rings. The van der Waals surface area contributed by atoms with Crippen molar-refractivity contribution in [3.05, 3.63) is 35.6 Å². The average molecular weight is 430 g/mol. The van der Waals surface area contributed by atoms with Crippen molar-refractivity contribution in [2.24, 2.45) is 11.8 Å². The Bertz CT molecular complexity index is 839. The Hall–Kier alpha value is -2.25. The molecule has 5 unspecified atom stereocenters. The molecule has 0 spiro atoms. The van der Waals surface area contributed by atoms with E-state index in [-0.39, 0.29) is 31.3 Å². The standard InChI is InChI=1S/C24H31NO6/c26-7-1-2-8-28-23-13-18(16-5-6-20-21(11-16)30-14-29-20)12-22(31-23)24(27)25-19-10-15-3-4-17(19)9-15/h5-6,11-12,15,17-19,23,26H,1-4,7-10,13-14H2,(H,25,27). The number of ether oxygens (including phenoxy) is 4. The Balaban J connectivity index is 1.31. The lowest BCUT2D eigenvalue weighted by atomic mass is 9.92. The molecule has 2 aliphatic carbocycles. The summed E-state index contributed by atoms with van der Waals surface area (Å²) in [4.78, 5) is 13.1. The zero-order valence-corrected chi connectivity index (χ0v) is 17.8. The van der Waals surface area contributed by atoms with Crippen molar-refractivity contribution in [2.45, 2.75) is 63.2 Å². The fourth-order valence-electron chi connectivity index (χ4n) is 5.38. The fraction of sp³-hybridized carbons (Fsp3) is 0.625. The second-order valence-electron chi connectivity index (χ2n) is 9.09. The normalized spacial score (nSPS) is 30.7. The van der Waals surface area contributed by atoms with Crippen LogP contribution in [0.25, 0.3) is 0 Å². The number of carbonyl (C=O) groups is 1. The molecule has 1 amide bonds. The second kappa shape index (κ2) is 9.09. The smallest absolute Gasteiger partial charge is 0.286 e. The van der Waals surface area contributed by atoms with E-state index in [0.29, 0.717) is 31.1 Å². The zero-order valence-electron chi connectivity index (χ0n) is 17.8. The Morgan fingerprint density at radius 3 is 2.84 bits per heavy atom. The van der Waals surface area contributed by atoms with Crippen LogP contribution in [-0.2, 0) is 14.3 Å². The minimum atomic E-state index is -0.500. The molecule has 1 aromatic carbocycles. The molecule has 0 saturated heterocycles. The number of hydrogen-bond acceptors (Lipinski definition) is 6. The molecule has 0 aromatic heterocycles. The Kier molecular flexibility index (Phi) is 6.05. The van der Waals surface area contributed by atoms with Crippen molar-refractivity contribution in [2.75, 3.05) is 20.0 Å². The first-order chi connectivity index (χ1) is 15.2. The van der Waals surface area contributed by atoms with Crippen LogP contribution in [0.3, 0.4) is 0 Å². The summed E-state index contributed by atoms with van der Waals surface area (Å²) in [5, 5.41) is 12.2. The van der Waals surface area contributed by atoms with E-state index < -0.39 is 6.29 Å². The highest BCUT2D eigenvalue weighted by Gasteiger charge is 2.41. The third-order valence-electron chi connectivity index (χ3n) is 7.02. The maximum atomic E-state index is 13.1. The lowest BCUT2D eigenvalue weighted by molar-refractivity contribution is -0.147. The van der Waals surface area contributed by atoms with Crippen molar-refractivity contribution in [3.8, 4) is 11.5 Å². The number of carbonyl (C=O) groups excluding carboxylic acids is 1. The molecule has 5 rings (SSSR count). The van der Waals surface area contributed by atoms with Crippen molar-refractivity contribution in [3.63, 3.8) is 0 Å². The van der Waals surface area contributed by atoms with Gasteiger partial charge in [0.2, 0.25) is 13.1 Å². The highest BCUT2D eigenvalue weighted by Crippen LogP contribution is 2.44. The number of nitrogens with one attached hydrogen (secondary N) is 1. The van der Waals surface area contributed by atoms with E-state index in [0.717, 1.165) is 35.8 Å². The van der Waals surface area contributed by atoms with Crippen LogP contribution in [0.4, 0.5) is 0 Å². The molecular formula is C24H31NO6. The third-order valence-corrected chi connectivity index (χ3v) is 7.02.